The third kappa shape index (κ3) is 5.43. The minimum absolute atomic E-state index is 0.00250. The highest BCUT2D eigenvalue weighted by Gasteiger charge is 2.23. The van der Waals surface area contributed by atoms with Crippen molar-refractivity contribution in [2.24, 2.45) is 12.1 Å². The van der Waals surface area contributed by atoms with Crippen LogP contribution in [-0.2, 0) is 12.5 Å². The molecule has 1 amide bonds. The maximum Gasteiger partial charge on any atom is 0.335 e. The van der Waals surface area contributed by atoms with Crippen molar-refractivity contribution in [1.82, 2.24) is 15.2 Å². The van der Waals surface area contributed by atoms with Gasteiger partial charge < -0.3 is 10.2 Å². The number of aromatic hydroxyl groups is 1. The number of aromatic carboxylic acids is 1. The van der Waals surface area contributed by atoms with Gasteiger partial charge in [0.25, 0.3) is 5.91 Å². The Labute approximate surface area is 214 Å². The van der Waals surface area contributed by atoms with Crippen molar-refractivity contribution in [3.8, 4) is 17.0 Å². The van der Waals surface area contributed by atoms with Crippen LogP contribution in [0.5, 0.6) is 5.75 Å². The molecule has 0 saturated carbocycles. The monoisotopic (exact) mass is 496 g/mol. The lowest BCUT2D eigenvalue weighted by atomic mass is 9.86. The quantitative estimate of drug-likeness (QED) is 0.257. The first-order chi connectivity index (χ1) is 17.6. The molecule has 4 rings (SSSR count). The topological polar surface area (TPSA) is 117 Å². The van der Waals surface area contributed by atoms with Crippen molar-refractivity contribution in [3.63, 3.8) is 0 Å². The Morgan fingerprint density at radius 2 is 1.46 bits per heavy atom. The number of carbonyl (C=O) groups is 2. The molecule has 0 aliphatic rings. The van der Waals surface area contributed by atoms with Crippen LogP contribution in [0.4, 0.5) is 0 Å². The van der Waals surface area contributed by atoms with E-state index in [4.69, 9.17) is 5.11 Å². The van der Waals surface area contributed by atoms with Crippen LogP contribution in [0.3, 0.4) is 0 Å². The molecule has 0 aliphatic carbocycles. The van der Waals surface area contributed by atoms with Crippen LogP contribution in [0.2, 0.25) is 0 Å². The van der Waals surface area contributed by atoms with Gasteiger partial charge in [0.15, 0.2) is 11.4 Å². The maximum absolute atomic E-state index is 12.7. The second kappa shape index (κ2) is 10.1. The van der Waals surface area contributed by atoms with Crippen molar-refractivity contribution in [2.45, 2.75) is 26.2 Å². The summed E-state index contributed by atoms with van der Waals surface area (Å²) in [5.74, 6) is -1.67. The number of aryl methyl sites for hydroxylation is 1. The predicted octanol–water partition coefficient (Wildman–Crippen LogP) is 4.97. The van der Waals surface area contributed by atoms with Crippen LogP contribution in [0.15, 0.2) is 84.0 Å². The Balaban J connectivity index is 1.71. The van der Waals surface area contributed by atoms with Crippen LogP contribution in [0, 0.1) is 0 Å². The van der Waals surface area contributed by atoms with E-state index in [0.29, 0.717) is 11.3 Å². The standard InChI is InChI=1S/C29H28N4O4/c1-29(2,3)22-16-14-19(15-17-22)25-26(34)24(32-33(25)4)23(18-8-6-5-7-9-18)30-31-27(35)20-10-12-21(13-11-20)28(36)37/h5-17,34H,1-4H3,(H,31,35)(H,36,37)/b30-23+. The number of nitrogens with zero attached hydrogens (tertiary/aromatic N) is 3. The molecular weight excluding hydrogens is 468 g/mol. The zero-order valence-corrected chi connectivity index (χ0v) is 21.1. The fourth-order valence-electron chi connectivity index (χ4n) is 3.91. The van der Waals surface area contributed by atoms with Gasteiger partial charge in [-0.15, -0.1) is 0 Å². The minimum Gasteiger partial charge on any atom is -0.504 e. The van der Waals surface area contributed by atoms with E-state index in [1.165, 1.54) is 29.8 Å². The zero-order chi connectivity index (χ0) is 26.7. The summed E-state index contributed by atoms with van der Waals surface area (Å²) in [5.41, 5.74) is 6.44. The van der Waals surface area contributed by atoms with Gasteiger partial charge in [0.05, 0.1) is 5.56 Å². The van der Waals surface area contributed by atoms with Crippen LogP contribution in [0.25, 0.3) is 11.3 Å². The number of nitrogens with one attached hydrogen (secondary N) is 1. The van der Waals surface area contributed by atoms with Gasteiger partial charge in [-0.1, -0.05) is 75.4 Å². The summed E-state index contributed by atoms with van der Waals surface area (Å²) in [6, 6.07) is 22.6. The summed E-state index contributed by atoms with van der Waals surface area (Å²) in [4.78, 5) is 23.8. The van der Waals surface area contributed by atoms with Crippen LogP contribution >= 0.6 is 0 Å². The van der Waals surface area contributed by atoms with E-state index in [2.05, 4.69) is 36.4 Å². The zero-order valence-electron chi connectivity index (χ0n) is 21.1. The number of amides is 1. The Hall–Kier alpha value is -4.72. The molecule has 8 heteroatoms. The number of carboxylic acid groups (broad SMARTS) is 1. The Morgan fingerprint density at radius 3 is 2.03 bits per heavy atom. The molecule has 0 radical (unpaired) electrons. The predicted molar refractivity (Wildman–Crippen MR) is 142 cm³/mol. The second-order valence-electron chi connectivity index (χ2n) is 9.65. The van der Waals surface area contributed by atoms with Crippen molar-refractivity contribution in [3.05, 3.63) is 107 Å². The molecule has 0 unspecified atom stereocenters. The molecule has 0 saturated heterocycles. The van der Waals surface area contributed by atoms with E-state index in [1.807, 2.05) is 42.5 Å². The number of carboxylic acids is 1. The molecule has 1 heterocycles. The number of rotatable bonds is 6. The summed E-state index contributed by atoms with van der Waals surface area (Å²) in [6.07, 6.45) is 0. The number of hydrazone groups is 1. The molecule has 4 aromatic rings. The Bertz CT molecular complexity index is 1460. The normalized spacial score (nSPS) is 11.8. The van der Waals surface area contributed by atoms with Crippen molar-refractivity contribution >= 4 is 17.6 Å². The van der Waals surface area contributed by atoms with E-state index in [9.17, 15) is 14.7 Å². The van der Waals surface area contributed by atoms with Gasteiger partial charge in [-0.2, -0.15) is 10.2 Å². The molecule has 3 aromatic carbocycles. The van der Waals surface area contributed by atoms with E-state index in [1.54, 1.807) is 23.9 Å². The number of aromatic nitrogens is 2. The van der Waals surface area contributed by atoms with E-state index >= 15 is 0 Å². The van der Waals surface area contributed by atoms with Gasteiger partial charge in [-0.25, -0.2) is 10.2 Å². The summed E-state index contributed by atoms with van der Waals surface area (Å²) in [7, 11) is 1.74. The lowest BCUT2D eigenvalue weighted by Crippen LogP contribution is -2.21. The van der Waals surface area contributed by atoms with Crippen molar-refractivity contribution < 1.29 is 19.8 Å². The van der Waals surface area contributed by atoms with Crippen molar-refractivity contribution in [2.75, 3.05) is 0 Å². The second-order valence-corrected chi connectivity index (χ2v) is 9.65. The van der Waals surface area contributed by atoms with E-state index in [0.717, 1.165) is 5.56 Å². The first-order valence-corrected chi connectivity index (χ1v) is 11.7. The van der Waals surface area contributed by atoms with Gasteiger partial charge in [-0.3, -0.25) is 9.48 Å². The lowest BCUT2D eigenvalue weighted by molar-refractivity contribution is 0.0696. The maximum atomic E-state index is 12.7. The molecule has 0 bridgehead atoms. The molecule has 1 aromatic heterocycles. The molecule has 188 valence electrons. The third-order valence-corrected chi connectivity index (χ3v) is 5.98. The minimum atomic E-state index is -1.08. The average molecular weight is 497 g/mol. The smallest absolute Gasteiger partial charge is 0.335 e. The van der Waals surface area contributed by atoms with E-state index in [-0.39, 0.29) is 33.7 Å². The summed E-state index contributed by atoms with van der Waals surface area (Å²) < 4.78 is 1.58. The molecule has 0 fully saturated rings. The first kappa shape index (κ1) is 25.4. The van der Waals surface area contributed by atoms with Crippen molar-refractivity contribution in [1.29, 1.82) is 0 Å². The first-order valence-electron chi connectivity index (χ1n) is 11.7. The van der Waals surface area contributed by atoms with Gasteiger partial charge in [-0.05, 0) is 35.2 Å². The third-order valence-electron chi connectivity index (χ3n) is 5.98. The molecule has 8 nitrogen and oxygen atoms in total. The van der Waals surface area contributed by atoms with E-state index < -0.39 is 11.9 Å². The molecular formula is C29H28N4O4. The summed E-state index contributed by atoms with van der Waals surface area (Å²) in [6.45, 7) is 6.41. The van der Waals surface area contributed by atoms with Gasteiger partial charge in [0, 0.05) is 23.7 Å². The fourth-order valence-corrected chi connectivity index (χ4v) is 3.91. The SMILES string of the molecule is Cn1nc(/C(=N/NC(=O)c2ccc(C(=O)O)cc2)c2ccccc2)c(O)c1-c1ccc(C(C)(C)C)cc1. The molecule has 37 heavy (non-hydrogen) atoms. The number of hydrogen-bond acceptors (Lipinski definition) is 5. The fraction of sp³-hybridized carbons (Fsp3) is 0.172. The highest BCUT2D eigenvalue weighted by molar-refractivity contribution is 6.14. The summed E-state index contributed by atoms with van der Waals surface area (Å²) >= 11 is 0. The molecule has 0 spiro atoms. The number of carbonyl (C=O) groups excluding carboxylic acids is 1. The molecule has 0 atom stereocenters. The van der Waals surface area contributed by atoms with Crippen LogP contribution in [0.1, 0.15) is 58.3 Å². The number of hydrogen-bond donors (Lipinski definition) is 3. The number of benzene rings is 3. The van der Waals surface area contributed by atoms with Crippen LogP contribution in [-0.4, -0.2) is 37.6 Å². The van der Waals surface area contributed by atoms with Gasteiger partial charge in [0.1, 0.15) is 11.4 Å². The highest BCUT2D eigenvalue weighted by Crippen LogP contribution is 2.34. The Morgan fingerprint density at radius 1 is 0.865 bits per heavy atom. The summed E-state index contributed by atoms with van der Waals surface area (Å²) in [5, 5.41) is 29.2. The highest BCUT2D eigenvalue weighted by atomic mass is 16.4. The Kier molecular flexibility index (Phi) is 6.93. The van der Waals surface area contributed by atoms with Gasteiger partial charge >= 0.3 is 5.97 Å². The van der Waals surface area contributed by atoms with Crippen LogP contribution < -0.4 is 5.43 Å². The van der Waals surface area contributed by atoms with Gasteiger partial charge in [0.2, 0.25) is 0 Å². The molecule has 3 N–H and O–H groups in total. The largest absolute Gasteiger partial charge is 0.504 e. The average Bonchev–Trinajstić information content (AvgIpc) is 3.17. The molecule has 0 aliphatic heterocycles. The lowest BCUT2D eigenvalue weighted by Gasteiger charge is -2.19.